The lowest BCUT2D eigenvalue weighted by Crippen LogP contribution is -2.05. The van der Waals surface area contributed by atoms with Crippen LogP contribution in [-0.4, -0.2) is 18.9 Å². The second-order valence-corrected chi connectivity index (χ2v) is 1.74. The first kappa shape index (κ1) is 7.53. The van der Waals surface area contributed by atoms with E-state index in [4.69, 9.17) is 4.42 Å². The summed E-state index contributed by atoms with van der Waals surface area (Å²) in [6.07, 6.45) is 1.86. The minimum absolute atomic E-state index is 0.104. The first-order chi connectivity index (χ1) is 5.34. The third-order valence-corrected chi connectivity index (χ3v) is 1.00. The van der Waals surface area contributed by atoms with Crippen LogP contribution in [0, 0.1) is 0 Å². The highest BCUT2D eigenvalue weighted by Gasteiger charge is 2.08. The zero-order chi connectivity index (χ0) is 8.10. The van der Waals surface area contributed by atoms with Crippen molar-refractivity contribution in [3.8, 4) is 0 Å². The summed E-state index contributed by atoms with van der Waals surface area (Å²) in [5.74, 6) is -0.519. The van der Waals surface area contributed by atoms with Crippen LogP contribution >= 0.6 is 0 Å². The summed E-state index contributed by atoms with van der Waals surface area (Å²) in [5.41, 5.74) is 0. The molecule has 1 rings (SSSR count). The number of rotatable bonds is 3. The van der Waals surface area contributed by atoms with Crippen molar-refractivity contribution in [1.29, 1.82) is 0 Å². The molecule has 0 fully saturated rings. The molecule has 11 heavy (non-hydrogen) atoms. The lowest BCUT2D eigenvalue weighted by Gasteiger charge is -1.94. The standard InChI is InChI=1S/C7H6O4/c8-3-5-11-7(9)6-2-1-4-10-6/h1-4H,5H2. The van der Waals surface area contributed by atoms with Gasteiger partial charge in [-0.15, -0.1) is 0 Å². The van der Waals surface area contributed by atoms with Gasteiger partial charge >= 0.3 is 5.97 Å². The molecule has 58 valence electrons. The minimum Gasteiger partial charge on any atom is -0.457 e. The molecule has 0 aromatic carbocycles. The summed E-state index contributed by atoms with van der Waals surface area (Å²) in [5, 5.41) is 0. The van der Waals surface area contributed by atoms with Gasteiger partial charge in [-0.25, -0.2) is 4.79 Å². The summed E-state index contributed by atoms with van der Waals surface area (Å²) in [6, 6.07) is 3.03. The number of hydrogen-bond donors (Lipinski definition) is 0. The molecule has 1 aromatic rings. The van der Waals surface area contributed by atoms with Crippen molar-refractivity contribution in [2.24, 2.45) is 0 Å². The Hall–Kier alpha value is -1.58. The van der Waals surface area contributed by atoms with Crippen LogP contribution < -0.4 is 0 Å². The van der Waals surface area contributed by atoms with Crippen molar-refractivity contribution in [2.75, 3.05) is 6.61 Å². The molecule has 0 aliphatic rings. The van der Waals surface area contributed by atoms with Gasteiger partial charge in [0.25, 0.3) is 0 Å². The number of carbonyl (C=O) groups is 2. The van der Waals surface area contributed by atoms with Gasteiger partial charge in [0.15, 0.2) is 6.29 Å². The Morgan fingerprint density at radius 1 is 1.73 bits per heavy atom. The fourth-order valence-electron chi connectivity index (χ4n) is 0.576. The fourth-order valence-corrected chi connectivity index (χ4v) is 0.576. The number of esters is 1. The summed E-state index contributed by atoms with van der Waals surface area (Å²) >= 11 is 0. The Bertz CT molecular complexity index is 237. The molecular formula is C7H6O4. The van der Waals surface area contributed by atoms with E-state index in [9.17, 15) is 9.59 Å². The van der Waals surface area contributed by atoms with Crippen LogP contribution in [0.3, 0.4) is 0 Å². The van der Waals surface area contributed by atoms with Crippen molar-refractivity contribution in [1.82, 2.24) is 0 Å². The number of hydrogen-bond acceptors (Lipinski definition) is 4. The minimum atomic E-state index is -0.623. The molecular weight excluding hydrogens is 148 g/mol. The number of furan rings is 1. The number of ether oxygens (including phenoxy) is 1. The lowest BCUT2D eigenvalue weighted by molar-refractivity contribution is -0.110. The van der Waals surface area contributed by atoms with Gasteiger partial charge in [-0.05, 0) is 12.1 Å². The Balaban J connectivity index is 2.49. The van der Waals surface area contributed by atoms with Crippen molar-refractivity contribution in [2.45, 2.75) is 0 Å². The molecule has 0 radical (unpaired) electrons. The summed E-state index contributed by atoms with van der Waals surface area (Å²) in [7, 11) is 0. The molecule has 0 amide bonds. The lowest BCUT2D eigenvalue weighted by atomic mass is 10.5. The monoisotopic (exact) mass is 154 g/mol. The average molecular weight is 154 g/mol. The molecule has 1 heterocycles. The van der Waals surface area contributed by atoms with Crippen LogP contribution in [0.5, 0.6) is 0 Å². The predicted octanol–water partition coefficient (Wildman–Crippen LogP) is 0.635. The zero-order valence-corrected chi connectivity index (χ0v) is 5.65. The zero-order valence-electron chi connectivity index (χ0n) is 5.65. The van der Waals surface area contributed by atoms with E-state index in [2.05, 4.69) is 4.74 Å². The molecule has 0 saturated heterocycles. The SMILES string of the molecule is O=CCOC(=O)c1ccco1. The third-order valence-electron chi connectivity index (χ3n) is 1.00. The molecule has 1 aromatic heterocycles. The van der Waals surface area contributed by atoms with Gasteiger partial charge in [-0.3, -0.25) is 4.79 Å². The molecule has 0 unspecified atom stereocenters. The van der Waals surface area contributed by atoms with Gasteiger partial charge in [0, 0.05) is 0 Å². The van der Waals surface area contributed by atoms with E-state index in [0.717, 1.165) is 0 Å². The molecule has 0 aliphatic carbocycles. The second kappa shape index (κ2) is 3.55. The Morgan fingerprint density at radius 3 is 3.09 bits per heavy atom. The van der Waals surface area contributed by atoms with Crippen LogP contribution in [-0.2, 0) is 9.53 Å². The smallest absolute Gasteiger partial charge is 0.374 e. The molecule has 4 heteroatoms. The number of aldehydes is 1. The summed E-state index contributed by atoms with van der Waals surface area (Å²) in [6.45, 7) is -0.237. The highest BCUT2D eigenvalue weighted by molar-refractivity contribution is 5.86. The van der Waals surface area contributed by atoms with E-state index in [0.29, 0.717) is 6.29 Å². The molecule has 0 bridgehead atoms. The van der Waals surface area contributed by atoms with E-state index < -0.39 is 5.97 Å². The Kier molecular flexibility index (Phi) is 2.43. The largest absolute Gasteiger partial charge is 0.457 e. The quantitative estimate of drug-likeness (QED) is 0.473. The van der Waals surface area contributed by atoms with E-state index in [-0.39, 0.29) is 12.4 Å². The van der Waals surface area contributed by atoms with Gasteiger partial charge < -0.3 is 9.15 Å². The maximum Gasteiger partial charge on any atom is 0.374 e. The van der Waals surface area contributed by atoms with Gasteiger partial charge in [-0.2, -0.15) is 0 Å². The predicted molar refractivity (Wildman–Crippen MR) is 35.1 cm³/mol. The highest BCUT2D eigenvalue weighted by atomic mass is 16.5. The van der Waals surface area contributed by atoms with Gasteiger partial charge in [0.05, 0.1) is 6.26 Å². The fraction of sp³-hybridized carbons (Fsp3) is 0.143. The van der Waals surface area contributed by atoms with Crippen LogP contribution in [0.1, 0.15) is 10.6 Å². The van der Waals surface area contributed by atoms with Crippen molar-refractivity contribution in [3.63, 3.8) is 0 Å². The van der Waals surface area contributed by atoms with Crippen molar-refractivity contribution < 1.29 is 18.7 Å². The molecule has 0 aliphatic heterocycles. The first-order valence-corrected chi connectivity index (χ1v) is 2.99. The molecule has 0 saturated carbocycles. The maximum atomic E-state index is 10.8. The average Bonchev–Trinajstić information content (AvgIpc) is 2.52. The third kappa shape index (κ3) is 1.93. The van der Waals surface area contributed by atoms with E-state index in [1.54, 1.807) is 6.07 Å². The summed E-state index contributed by atoms with van der Waals surface area (Å²) < 4.78 is 9.14. The molecule has 0 N–H and O–H groups in total. The van der Waals surface area contributed by atoms with Crippen LogP contribution in [0.2, 0.25) is 0 Å². The van der Waals surface area contributed by atoms with Crippen LogP contribution in [0.4, 0.5) is 0 Å². The van der Waals surface area contributed by atoms with Crippen molar-refractivity contribution >= 4 is 12.3 Å². The maximum absolute atomic E-state index is 10.8. The number of carbonyl (C=O) groups excluding carboxylic acids is 2. The van der Waals surface area contributed by atoms with E-state index >= 15 is 0 Å². The van der Waals surface area contributed by atoms with Crippen molar-refractivity contribution in [3.05, 3.63) is 24.2 Å². The van der Waals surface area contributed by atoms with Gasteiger partial charge in [0.1, 0.15) is 6.61 Å². The normalized spacial score (nSPS) is 9.09. The van der Waals surface area contributed by atoms with E-state index in [1.165, 1.54) is 12.3 Å². The van der Waals surface area contributed by atoms with Gasteiger partial charge in [0.2, 0.25) is 5.76 Å². The van der Waals surface area contributed by atoms with Crippen LogP contribution in [0.25, 0.3) is 0 Å². The Morgan fingerprint density at radius 2 is 2.55 bits per heavy atom. The topological polar surface area (TPSA) is 56.5 Å². The Labute approximate surface area is 62.8 Å². The second-order valence-electron chi connectivity index (χ2n) is 1.74. The molecule has 4 nitrogen and oxygen atoms in total. The van der Waals surface area contributed by atoms with E-state index in [1.807, 2.05) is 0 Å². The first-order valence-electron chi connectivity index (χ1n) is 2.99. The molecule has 0 atom stereocenters. The summed E-state index contributed by atoms with van der Waals surface area (Å²) in [4.78, 5) is 20.6. The highest BCUT2D eigenvalue weighted by Crippen LogP contribution is 2.01. The molecule has 0 spiro atoms. The van der Waals surface area contributed by atoms with Gasteiger partial charge in [-0.1, -0.05) is 0 Å². The van der Waals surface area contributed by atoms with Crippen LogP contribution in [0.15, 0.2) is 22.8 Å².